The van der Waals surface area contributed by atoms with Gasteiger partial charge in [0.05, 0.1) is 6.07 Å². The summed E-state index contributed by atoms with van der Waals surface area (Å²) in [5, 5.41) is 17.8. The van der Waals surface area contributed by atoms with Gasteiger partial charge in [0, 0.05) is 19.0 Å². The third-order valence-corrected chi connectivity index (χ3v) is 4.25. The van der Waals surface area contributed by atoms with Crippen molar-refractivity contribution < 1.29 is 18.7 Å². The molecule has 10 heteroatoms. The monoisotopic (exact) mass is 349 g/mol. The molecule has 1 fully saturated rings. The molecule has 3 rings (SSSR count). The fourth-order valence-electron chi connectivity index (χ4n) is 2.81. The first kappa shape index (κ1) is 17.1. The summed E-state index contributed by atoms with van der Waals surface area (Å²) in [6, 6.07) is 2.34. The topological polar surface area (TPSA) is 128 Å². The van der Waals surface area contributed by atoms with E-state index in [-0.39, 0.29) is 17.8 Å². The molecule has 3 heterocycles. The zero-order chi connectivity index (χ0) is 18.0. The maximum atomic E-state index is 12.6. The van der Waals surface area contributed by atoms with E-state index in [1.807, 2.05) is 14.0 Å². The van der Waals surface area contributed by atoms with Crippen molar-refractivity contribution >= 4 is 11.8 Å². The average molecular weight is 349 g/mol. The largest absolute Gasteiger partial charge is 0.433 e. The van der Waals surface area contributed by atoms with E-state index in [0.717, 1.165) is 6.42 Å². The predicted molar refractivity (Wildman–Crippen MR) is 84.9 cm³/mol. The summed E-state index contributed by atoms with van der Waals surface area (Å²) in [4.78, 5) is 28.6. The summed E-state index contributed by atoms with van der Waals surface area (Å²) in [6.45, 7) is 2.51. The Kier molecular flexibility index (Phi) is 4.79. The highest BCUT2D eigenvalue weighted by Gasteiger charge is 2.36. The number of nitro groups is 1. The van der Waals surface area contributed by atoms with Gasteiger partial charge >= 0.3 is 5.88 Å². The van der Waals surface area contributed by atoms with Gasteiger partial charge in [-0.2, -0.15) is 4.98 Å². The molecule has 0 saturated carbocycles. The van der Waals surface area contributed by atoms with Gasteiger partial charge in [-0.15, -0.1) is 0 Å². The zero-order valence-corrected chi connectivity index (χ0v) is 14.0. The van der Waals surface area contributed by atoms with E-state index in [0.29, 0.717) is 31.1 Å². The molecule has 0 spiro atoms. The number of carbonyl (C=O) groups is 1. The lowest BCUT2D eigenvalue weighted by atomic mass is 10.2. The van der Waals surface area contributed by atoms with E-state index in [1.165, 1.54) is 12.1 Å². The lowest BCUT2D eigenvalue weighted by Gasteiger charge is -2.20. The van der Waals surface area contributed by atoms with E-state index < -0.39 is 16.7 Å². The van der Waals surface area contributed by atoms with Gasteiger partial charge in [0.2, 0.25) is 5.89 Å². The molecule has 0 aromatic carbocycles. The van der Waals surface area contributed by atoms with Crippen molar-refractivity contribution in [2.45, 2.75) is 38.3 Å². The summed E-state index contributed by atoms with van der Waals surface area (Å²) in [6.07, 6.45) is 2.09. The minimum absolute atomic E-state index is 0.0675. The number of nitrogens with zero attached hydrogens (tertiary/aromatic N) is 4. The molecular formula is C15H19N5O5. The first-order valence-corrected chi connectivity index (χ1v) is 8.04. The highest BCUT2D eigenvalue weighted by atomic mass is 16.6. The van der Waals surface area contributed by atoms with Crippen LogP contribution < -0.4 is 5.32 Å². The molecule has 2 aromatic rings. The molecule has 0 radical (unpaired) electrons. The van der Waals surface area contributed by atoms with Crippen LogP contribution in [0.3, 0.4) is 0 Å². The normalized spacial score (nSPS) is 18.5. The van der Waals surface area contributed by atoms with Crippen LogP contribution in [0.2, 0.25) is 0 Å². The summed E-state index contributed by atoms with van der Waals surface area (Å²) < 4.78 is 10.3. The summed E-state index contributed by atoms with van der Waals surface area (Å²) in [5.41, 5.74) is 0. The second-order valence-corrected chi connectivity index (χ2v) is 5.99. The minimum Gasteiger partial charge on any atom is -0.395 e. The molecule has 134 valence electrons. The first-order valence-electron chi connectivity index (χ1n) is 8.04. The number of furan rings is 1. The number of rotatable bonds is 6. The van der Waals surface area contributed by atoms with Gasteiger partial charge in [-0.05, 0) is 32.9 Å². The van der Waals surface area contributed by atoms with Crippen LogP contribution in [0.1, 0.15) is 48.1 Å². The molecule has 2 unspecified atom stereocenters. The quantitative estimate of drug-likeness (QED) is 0.616. The van der Waals surface area contributed by atoms with Crippen molar-refractivity contribution in [3.8, 4) is 0 Å². The Morgan fingerprint density at radius 3 is 3.04 bits per heavy atom. The molecular weight excluding hydrogens is 330 g/mol. The van der Waals surface area contributed by atoms with Gasteiger partial charge in [-0.3, -0.25) is 14.9 Å². The Morgan fingerprint density at radius 2 is 2.36 bits per heavy atom. The smallest absolute Gasteiger partial charge is 0.395 e. The molecule has 25 heavy (non-hydrogen) atoms. The summed E-state index contributed by atoms with van der Waals surface area (Å²) in [5.74, 6) is 0.0105. The zero-order valence-electron chi connectivity index (χ0n) is 14.0. The highest BCUT2D eigenvalue weighted by Crippen LogP contribution is 2.33. The summed E-state index contributed by atoms with van der Waals surface area (Å²) >= 11 is 0. The Bertz CT molecular complexity index is 770. The summed E-state index contributed by atoms with van der Waals surface area (Å²) in [7, 11) is 1.85. The molecule has 1 aliphatic heterocycles. The Balaban J connectivity index is 1.75. The highest BCUT2D eigenvalue weighted by molar-refractivity contribution is 5.92. The van der Waals surface area contributed by atoms with E-state index in [1.54, 1.807) is 4.90 Å². The average Bonchev–Trinajstić information content (AvgIpc) is 3.33. The van der Waals surface area contributed by atoms with Gasteiger partial charge in [0.1, 0.15) is 11.0 Å². The molecule has 1 amide bonds. The molecule has 0 aliphatic carbocycles. The Hall–Kier alpha value is -2.75. The SMILES string of the molecule is CNC(C)Cc1noc(C2CCCN2C(=O)c2ccc([N+](=O)[O-])o2)n1. The van der Waals surface area contributed by atoms with Crippen molar-refractivity contribution in [1.29, 1.82) is 0 Å². The van der Waals surface area contributed by atoms with Crippen molar-refractivity contribution in [3.05, 3.63) is 39.7 Å². The number of amides is 1. The number of carbonyl (C=O) groups excluding carboxylic acids is 1. The van der Waals surface area contributed by atoms with Crippen molar-refractivity contribution in [3.63, 3.8) is 0 Å². The van der Waals surface area contributed by atoms with Crippen molar-refractivity contribution in [2.24, 2.45) is 0 Å². The van der Waals surface area contributed by atoms with Crippen LogP contribution in [-0.2, 0) is 6.42 Å². The number of likely N-dealkylation sites (N-methyl/N-ethyl adjacent to an activating group) is 1. The predicted octanol–water partition coefficient (Wildman–Crippen LogP) is 1.70. The number of aromatic nitrogens is 2. The molecule has 1 aliphatic rings. The Labute approximate surface area is 143 Å². The second kappa shape index (κ2) is 7.01. The van der Waals surface area contributed by atoms with E-state index >= 15 is 0 Å². The van der Waals surface area contributed by atoms with Crippen LogP contribution in [0.5, 0.6) is 0 Å². The minimum atomic E-state index is -0.675. The third-order valence-electron chi connectivity index (χ3n) is 4.25. The number of hydrogen-bond acceptors (Lipinski definition) is 8. The van der Waals surface area contributed by atoms with Gasteiger partial charge in [-0.1, -0.05) is 5.16 Å². The molecule has 0 bridgehead atoms. The molecule has 2 atom stereocenters. The van der Waals surface area contributed by atoms with Gasteiger partial charge in [0.15, 0.2) is 11.6 Å². The fourth-order valence-corrected chi connectivity index (χ4v) is 2.81. The van der Waals surface area contributed by atoms with Crippen LogP contribution >= 0.6 is 0 Å². The standard InChI is InChI=1S/C15H19N5O5/c1-9(16-2)8-12-17-14(25-18-12)10-4-3-7-19(10)15(21)11-5-6-13(24-11)20(22)23/h5-6,9-10,16H,3-4,7-8H2,1-2H3. The number of likely N-dealkylation sites (tertiary alicyclic amines) is 1. The lowest BCUT2D eigenvalue weighted by Crippen LogP contribution is -2.30. The molecule has 10 nitrogen and oxygen atoms in total. The maximum Gasteiger partial charge on any atom is 0.433 e. The van der Waals surface area contributed by atoms with Crippen LogP contribution in [0, 0.1) is 10.1 Å². The first-order chi connectivity index (χ1) is 12.0. The van der Waals surface area contributed by atoms with Crippen molar-refractivity contribution in [2.75, 3.05) is 13.6 Å². The Morgan fingerprint density at radius 1 is 1.56 bits per heavy atom. The van der Waals surface area contributed by atoms with E-state index in [9.17, 15) is 14.9 Å². The van der Waals surface area contributed by atoms with Crippen LogP contribution in [0.15, 0.2) is 21.1 Å². The van der Waals surface area contributed by atoms with Gasteiger partial charge in [0.25, 0.3) is 5.91 Å². The molecule has 1 saturated heterocycles. The van der Waals surface area contributed by atoms with E-state index in [2.05, 4.69) is 15.5 Å². The molecule has 2 aromatic heterocycles. The van der Waals surface area contributed by atoms with E-state index in [4.69, 9.17) is 8.94 Å². The number of hydrogen-bond donors (Lipinski definition) is 1. The maximum absolute atomic E-state index is 12.6. The van der Waals surface area contributed by atoms with Crippen molar-refractivity contribution in [1.82, 2.24) is 20.4 Å². The van der Waals surface area contributed by atoms with Gasteiger partial charge < -0.3 is 19.2 Å². The lowest BCUT2D eigenvalue weighted by molar-refractivity contribution is -0.402. The third kappa shape index (κ3) is 3.53. The molecule has 1 N–H and O–H groups in total. The number of nitrogens with one attached hydrogen (secondary N) is 1. The van der Waals surface area contributed by atoms with Gasteiger partial charge in [-0.25, -0.2) is 0 Å². The van der Waals surface area contributed by atoms with Crippen LogP contribution in [-0.4, -0.2) is 45.5 Å². The second-order valence-electron chi connectivity index (χ2n) is 5.99. The fraction of sp³-hybridized carbons (Fsp3) is 0.533. The van der Waals surface area contributed by atoms with Crippen LogP contribution in [0.25, 0.3) is 0 Å². The van der Waals surface area contributed by atoms with Crippen LogP contribution in [0.4, 0.5) is 5.88 Å².